The van der Waals surface area contributed by atoms with Crippen LogP contribution in [0.5, 0.6) is 11.5 Å². The first-order valence-corrected chi connectivity index (χ1v) is 10.5. The van der Waals surface area contributed by atoms with Crippen LogP contribution in [0.25, 0.3) is 17.1 Å². The number of hydrogen-bond donors (Lipinski definition) is 3. The molecule has 0 aliphatic rings. The molecule has 0 atom stereocenters. The first kappa shape index (κ1) is 22.5. The van der Waals surface area contributed by atoms with Gasteiger partial charge in [-0.25, -0.2) is 10.1 Å². The number of amides is 1. The smallest absolute Gasteiger partial charge is 0.294 e. The summed E-state index contributed by atoms with van der Waals surface area (Å²) in [4.78, 5) is 13.1. The number of anilines is 1. The second kappa shape index (κ2) is 9.81. The fourth-order valence-corrected chi connectivity index (χ4v) is 3.23. The maximum absolute atomic E-state index is 13.1. The number of nitrogens with zero attached hydrogens (tertiary/aromatic N) is 6. The molecule has 4 N–H and O–H groups in total. The zero-order valence-electron chi connectivity index (χ0n) is 18.5. The molecule has 0 aliphatic carbocycles. The normalized spacial score (nSPS) is 11.4. The van der Waals surface area contributed by atoms with Crippen LogP contribution < -0.4 is 15.9 Å². The van der Waals surface area contributed by atoms with Crippen LogP contribution >= 0.6 is 0 Å². The molecular formula is C22H22N8O4. The van der Waals surface area contributed by atoms with Crippen LogP contribution in [-0.2, 0) is 0 Å². The van der Waals surface area contributed by atoms with E-state index in [1.807, 2.05) is 13.8 Å². The molecule has 0 radical (unpaired) electrons. The summed E-state index contributed by atoms with van der Waals surface area (Å²) in [5.74, 6) is 0.307. The van der Waals surface area contributed by atoms with Crippen LogP contribution in [0.4, 0.5) is 5.82 Å². The number of aromatic hydroxyl groups is 1. The monoisotopic (exact) mass is 462 g/mol. The van der Waals surface area contributed by atoms with Gasteiger partial charge in [-0.1, -0.05) is 12.1 Å². The summed E-state index contributed by atoms with van der Waals surface area (Å²) >= 11 is 0. The third-order valence-electron chi connectivity index (χ3n) is 4.85. The molecule has 2 heterocycles. The predicted molar refractivity (Wildman–Crippen MR) is 123 cm³/mol. The highest BCUT2D eigenvalue weighted by atomic mass is 16.6. The lowest BCUT2D eigenvalue weighted by atomic mass is 10.1. The summed E-state index contributed by atoms with van der Waals surface area (Å²) in [5, 5.41) is 29.2. The molecule has 4 aromatic rings. The molecule has 0 spiro atoms. The Bertz CT molecular complexity index is 1310. The summed E-state index contributed by atoms with van der Waals surface area (Å²) in [6, 6.07) is 13.6. The third-order valence-corrected chi connectivity index (χ3v) is 4.85. The number of phenols is 1. The van der Waals surface area contributed by atoms with Crippen LogP contribution in [-0.4, -0.2) is 48.6 Å². The molecule has 2 aromatic heterocycles. The molecular weight excluding hydrogens is 440 g/mol. The number of nitrogens with one attached hydrogen (secondary N) is 1. The van der Waals surface area contributed by atoms with E-state index in [9.17, 15) is 9.90 Å². The molecule has 12 heteroatoms. The molecule has 0 aliphatic heterocycles. The molecule has 0 saturated carbocycles. The van der Waals surface area contributed by atoms with Crippen molar-refractivity contribution < 1.29 is 19.3 Å². The van der Waals surface area contributed by atoms with Crippen molar-refractivity contribution in [2.24, 2.45) is 5.10 Å². The maximum Gasteiger partial charge on any atom is 0.294 e. The number of carbonyl (C=O) groups is 1. The van der Waals surface area contributed by atoms with Crippen LogP contribution in [0.15, 0.2) is 58.3 Å². The fraction of sp³-hybridized carbons (Fsp3) is 0.182. The highest BCUT2D eigenvalue weighted by Gasteiger charge is 2.25. The molecule has 0 bridgehead atoms. The molecule has 0 fully saturated rings. The Morgan fingerprint density at radius 2 is 1.88 bits per heavy atom. The van der Waals surface area contributed by atoms with Crippen LogP contribution in [0.1, 0.15) is 36.3 Å². The van der Waals surface area contributed by atoms with Crippen molar-refractivity contribution in [2.75, 3.05) is 12.3 Å². The molecule has 12 nitrogen and oxygen atoms in total. The highest BCUT2D eigenvalue weighted by molar-refractivity contribution is 6.03. The zero-order valence-corrected chi connectivity index (χ0v) is 18.5. The summed E-state index contributed by atoms with van der Waals surface area (Å²) in [5.41, 5.74) is 10.7. The van der Waals surface area contributed by atoms with Crippen molar-refractivity contribution in [3.63, 3.8) is 0 Å². The zero-order chi connectivity index (χ0) is 24.1. The Morgan fingerprint density at radius 1 is 1.15 bits per heavy atom. The van der Waals surface area contributed by atoms with Gasteiger partial charge in [0.05, 0.1) is 12.3 Å². The van der Waals surface area contributed by atoms with Gasteiger partial charge in [0, 0.05) is 5.56 Å². The van der Waals surface area contributed by atoms with E-state index in [4.69, 9.17) is 10.5 Å². The number of hydrogen-bond acceptors (Lipinski definition) is 10. The second-order valence-electron chi connectivity index (χ2n) is 7.03. The topological polar surface area (TPSA) is 167 Å². The van der Waals surface area contributed by atoms with Gasteiger partial charge in [-0.05, 0) is 77.8 Å². The summed E-state index contributed by atoms with van der Waals surface area (Å²) in [7, 11) is 0. The Morgan fingerprint density at radius 3 is 2.50 bits per heavy atom. The van der Waals surface area contributed by atoms with Crippen LogP contribution in [0.3, 0.4) is 0 Å². The van der Waals surface area contributed by atoms with E-state index in [0.717, 1.165) is 5.56 Å². The molecule has 34 heavy (non-hydrogen) atoms. The van der Waals surface area contributed by atoms with E-state index in [1.165, 1.54) is 4.68 Å². The standard InChI is InChI=1S/C22H22N8O4/c1-3-17(13-5-9-15(31)10-6-13)24-26-22(32)18-19(14-7-11-16(12-8-14)33-4-2)30(29-25-18)21-20(23)27-34-28-21/h5-12,31H,3-4H2,1-2H3,(H2,23,27)(H,26,32). The van der Waals surface area contributed by atoms with Gasteiger partial charge in [0.15, 0.2) is 5.69 Å². The fourth-order valence-electron chi connectivity index (χ4n) is 3.23. The van der Waals surface area contributed by atoms with Crippen molar-refractivity contribution >= 4 is 17.4 Å². The van der Waals surface area contributed by atoms with Gasteiger partial charge in [0.2, 0.25) is 11.6 Å². The van der Waals surface area contributed by atoms with E-state index < -0.39 is 5.91 Å². The van der Waals surface area contributed by atoms with E-state index in [0.29, 0.717) is 35.7 Å². The highest BCUT2D eigenvalue weighted by Crippen LogP contribution is 2.28. The minimum Gasteiger partial charge on any atom is -0.508 e. The van der Waals surface area contributed by atoms with Crippen molar-refractivity contribution in [3.8, 4) is 28.6 Å². The van der Waals surface area contributed by atoms with E-state index in [1.54, 1.807) is 48.5 Å². The summed E-state index contributed by atoms with van der Waals surface area (Å²) < 4.78 is 11.5. The molecule has 174 valence electrons. The number of nitrogens with two attached hydrogens (primary N) is 1. The summed E-state index contributed by atoms with van der Waals surface area (Å²) in [6.07, 6.45) is 0.546. The Labute approximate surface area is 194 Å². The number of phenolic OH excluding ortho intramolecular Hbond substituents is 1. The van der Waals surface area contributed by atoms with Crippen LogP contribution in [0, 0.1) is 0 Å². The number of ether oxygens (including phenoxy) is 1. The molecule has 0 unspecified atom stereocenters. The summed E-state index contributed by atoms with van der Waals surface area (Å²) in [6.45, 7) is 4.31. The van der Waals surface area contributed by atoms with E-state index in [-0.39, 0.29) is 23.1 Å². The first-order chi connectivity index (χ1) is 16.5. The largest absolute Gasteiger partial charge is 0.508 e. The number of aromatic nitrogens is 5. The van der Waals surface area contributed by atoms with Gasteiger partial charge in [-0.15, -0.1) is 5.10 Å². The van der Waals surface area contributed by atoms with Gasteiger partial charge in [-0.3, -0.25) is 4.79 Å². The Balaban J connectivity index is 1.71. The van der Waals surface area contributed by atoms with Gasteiger partial charge in [0.1, 0.15) is 17.2 Å². The van der Waals surface area contributed by atoms with Crippen molar-refractivity contribution in [1.82, 2.24) is 30.7 Å². The minimum atomic E-state index is -0.588. The number of rotatable bonds is 8. The molecule has 4 rings (SSSR count). The second-order valence-corrected chi connectivity index (χ2v) is 7.03. The predicted octanol–water partition coefficient (Wildman–Crippen LogP) is 2.55. The van der Waals surface area contributed by atoms with Gasteiger partial charge in [-0.2, -0.15) is 9.78 Å². The Hall–Kier alpha value is -4.74. The SMILES string of the molecule is CCOc1ccc(-c2c(C(=O)NN=C(CC)c3ccc(O)cc3)nnn2-c2nonc2N)cc1. The van der Waals surface area contributed by atoms with Crippen molar-refractivity contribution in [2.45, 2.75) is 20.3 Å². The van der Waals surface area contributed by atoms with Crippen LogP contribution in [0.2, 0.25) is 0 Å². The lowest BCUT2D eigenvalue weighted by Crippen LogP contribution is -2.21. The first-order valence-electron chi connectivity index (χ1n) is 10.5. The number of carbonyl (C=O) groups excluding carboxylic acids is 1. The van der Waals surface area contributed by atoms with Crippen molar-refractivity contribution in [1.29, 1.82) is 0 Å². The molecule has 2 aromatic carbocycles. The van der Waals surface area contributed by atoms with E-state index >= 15 is 0 Å². The van der Waals surface area contributed by atoms with Gasteiger partial charge < -0.3 is 15.6 Å². The lowest BCUT2D eigenvalue weighted by molar-refractivity contribution is 0.0950. The molecule has 1 amide bonds. The average Bonchev–Trinajstić information content (AvgIpc) is 3.47. The number of hydrazone groups is 1. The minimum absolute atomic E-state index is 0.00327. The number of nitrogen functional groups attached to an aromatic ring is 1. The Kier molecular flexibility index (Phi) is 6.48. The third kappa shape index (κ3) is 4.55. The molecule has 0 saturated heterocycles. The maximum atomic E-state index is 13.1. The van der Waals surface area contributed by atoms with Crippen molar-refractivity contribution in [3.05, 3.63) is 59.8 Å². The lowest BCUT2D eigenvalue weighted by Gasteiger charge is -2.08. The van der Waals surface area contributed by atoms with Gasteiger partial charge in [0.25, 0.3) is 5.91 Å². The quantitative estimate of drug-likeness (QED) is 0.263. The number of benzene rings is 2. The van der Waals surface area contributed by atoms with E-state index in [2.05, 4.69) is 35.8 Å². The average molecular weight is 462 g/mol. The van der Waals surface area contributed by atoms with Gasteiger partial charge >= 0.3 is 0 Å².